The molecule has 0 bridgehead atoms. The normalized spacial score (nSPS) is 25.5. The van der Waals surface area contributed by atoms with Crippen molar-refractivity contribution in [2.45, 2.75) is 26.6 Å². The summed E-state index contributed by atoms with van der Waals surface area (Å²) in [5.41, 5.74) is 1.16. The van der Waals surface area contributed by atoms with Crippen molar-refractivity contribution in [2.75, 3.05) is 6.61 Å². The van der Waals surface area contributed by atoms with E-state index in [0.29, 0.717) is 19.1 Å². The van der Waals surface area contributed by atoms with Gasteiger partial charge in [0.1, 0.15) is 6.10 Å². The van der Waals surface area contributed by atoms with E-state index >= 15 is 0 Å². The number of allylic oxidation sites excluding steroid dienone is 1. The standard InChI is InChI=1S/C16H20O3/c1-12-8-9-16(19-13(2)17)15(12)11-18-10-14-6-4-3-5-7-14/h3-9,12,15-16H,10-11H2,1-2H3/t12-,15+,16-/m0/s1. The van der Waals surface area contributed by atoms with Crippen molar-refractivity contribution >= 4 is 5.97 Å². The van der Waals surface area contributed by atoms with Gasteiger partial charge in [-0.05, 0) is 17.6 Å². The third kappa shape index (κ3) is 3.93. The number of carbonyl (C=O) groups excluding carboxylic acids is 1. The van der Waals surface area contributed by atoms with E-state index in [9.17, 15) is 4.79 Å². The molecule has 0 fully saturated rings. The molecule has 0 radical (unpaired) electrons. The number of benzene rings is 1. The van der Waals surface area contributed by atoms with Gasteiger partial charge in [-0.1, -0.05) is 43.3 Å². The van der Waals surface area contributed by atoms with E-state index < -0.39 is 0 Å². The maximum Gasteiger partial charge on any atom is 0.303 e. The first-order valence-corrected chi connectivity index (χ1v) is 6.64. The summed E-state index contributed by atoms with van der Waals surface area (Å²) in [6, 6.07) is 10.1. The quantitative estimate of drug-likeness (QED) is 0.603. The smallest absolute Gasteiger partial charge is 0.303 e. The first-order chi connectivity index (χ1) is 9.16. The lowest BCUT2D eigenvalue weighted by Crippen LogP contribution is -2.28. The number of carbonyl (C=O) groups is 1. The maximum atomic E-state index is 11.1. The van der Waals surface area contributed by atoms with Crippen LogP contribution in [-0.4, -0.2) is 18.7 Å². The van der Waals surface area contributed by atoms with Gasteiger partial charge in [-0.3, -0.25) is 4.79 Å². The third-order valence-corrected chi connectivity index (χ3v) is 3.43. The molecule has 0 spiro atoms. The lowest BCUT2D eigenvalue weighted by atomic mass is 9.96. The zero-order valence-electron chi connectivity index (χ0n) is 11.4. The average Bonchev–Trinajstić information content (AvgIpc) is 2.72. The summed E-state index contributed by atoms with van der Waals surface area (Å²) in [6.45, 7) is 4.76. The highest BCUT2D eigenvalue weighted by Crippen LogP contribution is 2.28. The summed E-state index contributed by atoms with van der Waals surface area (Å²) >= 11 is 0. The fraction of sp³-hybridized carbons (Fsp3) is 0.438. The van der Waals surface area contributed by atoms with Crippen LogP contribution in [-0.2, 0) is 20.9 Å². The van der Waals surface area contributed by atoms with Gasteiger partial charge in [-0.25, -0.2) is 0 Å². The number of esters is 1. The van der Waals surface area contributed by atoms with Crippen molar-refractivity contribution in [1.29, 1.82) is 0 Å². The molecule has 0 amide bonds. The van der Waals surface area contributed by atoms with E-state index in [1.54, 1.807) is 0 Å². The highest BCUT2D eigenvalue weighted by Gasteiger charge is 2.31. The minimum Gasteiger partial charge on any atom is -0.458 e. The van der Waals surface area contributed by atoms with E-state index in [-0.39, 0.29) is 18.0 Å². The molecule has 1 aromatic rings. The number of hydrogen-bond donors (Lipinski definition) is 0. The van der Waals surface area contributed by atoms with Gasteiger partial charge in [0.25, 0.3) is 0 Å². The Hall–Kier alpha value is -1.61. The van der Waals surface area contributed by atoms with Crippen molar-refractivity contribution in [1.82, 2.24) is 0 Å². The Balaban J connectivity index is 1.82. The Morgan fingerprint density at radius 1 is 1.21 bits per heavy atom. The number of rotatable bonds is 5. The van der Waals surface area contributed by atoms with Crippen LogP contribution in [0.4, 0.5) is 0 Å². The van der Waals surface area contributed by atoms with E-state index in [2.05, 4.69) is 13.0 Å². The van der Waals surface area contributed by atoms with Crippen molar-refractivity contribution in [3.05, 3.63) is 48.0 Å². The molecular formula is C16H20O3. The molecule has 0 heterocycles. The lowest BCUT2D eigenvalue weighted by molar-refractivity contribution is -0.147. The van der Waals surface area contributed by atoms with Crippen LogP contribution >= 0.6 is 0 Å². The molecular weight excluding hydrogens is 240 g/mol. The Kier molecular flexibility index (Phi) is 4.74. The number of hydrogen-bond acceptors (Lipinski definition) is 3. The minimum absolute atomic E-state index is 0.150. The molecule has 3 nitrogen and oxygen atoms in total. The molecule has 0 aromatic heterocycles. The summed E-state index contributed by atoms with van der Waals surface area (Å²) < 4.78 is 11.0. The molecule has 0 aliphatic heterocycles. The van der Waals surface area contributed by atoms with Crippen LogP contribution in [0, 0.1) is 11.8 Å². The van der Waals surface area contributed by atoms with Gasteiger partial charge in [0.05, 0.1) is 13.2 Å². The van der Waals surface area contributed by atoms with Crippen molar-refractivity contribution in [3.63, 3.8) is 0 Å². The fourth-order valence-corrected chi connectivity index (χ4v) is 2.32. The van der Waals surface area contributed by atoms with E-state index in [1.807, 2.05) is 36.4 Å². The monoisotopic (exact) mass is 260 g/mol. The van der Waals surface area contributed by atoms with Gasteiger partial charge < -0.3 is 9.47 Å². The molecule has 1 aliphatic carbocycles. The predicted molar refractivity (Wildman–Crippen MR) is 73.4 cm³/mol. The Bertz CT molecular complexity index is 439. The van der Waals surface area contributed by atoms with Crippen LogP contribution in [0.15, 0.2) is 42.5 Å². The van der Waals surface area contributed by atoms with Crippen LogP contribution in [0.2, 0.25) is 0 Å². The number of ether oxygens (including phenoxy) is 2. The van der Waals surface area contributed by atoms with E-state index in [0.717, 1.165) is 5.56 Å². The Labute approximate surface area is 114 Å². The van der Waals surface area contributed by atoms with Crippen LogP contribution in [0.25, 0.3) is 0 Å². The molecule has 2 rings (SSSR count). The highest BCUT2D eigenvalue weighted by molar-refractivity contribution is 5.66. The second-order valence-electron chi connectivity index (χ2n) is 4.98. The molecule has 1 aliphatic rings. The molecule has 1 aromatic carbocycles. The molecule has 102 valence electrons. The largest absolute Gasteiger partial charge is 0.458 e. The Morgan fingerprint density at radius 3 is 2.63 bits per heavy atom. The summed E-state index contributed by atoms with van der Waals surface area (Å²) in [5.74, 6) is 0.351. The minimum atomic E-state index is -0.239. The second kappa shape index (κ2) is 6.53. The summed E-state index contributed by atoms with van der Waals surface area (Å²) in [7, 11) is 0. The van der Waals surface area contributed by atoms with Gasteiger partial charge in [0, 0.05) is 12.8 Å². The Morgan fingerprint density at radius 2 is 1.95 bits per heavy atom. The second-order valence-corrected chi connectivity index (χ2v) is 4.98. The highest BCUT2D eigenvalue weighted by atomic mass is 16.5. The fourth-order valence-electron chi connectivity index (χ4n) is 2.32. The molecule has 3 heteroatoms. The van der Waals surface area contributed by atoms with E-state index in [1.165, 1.54) is 6.92 Å². The van der Waals surface area contributed by atoms with Crippen LogP contribution in [0.3, 0.4) is 0 Å². The molecule has 19 heavy (non-hydrogen) atoms. The SMILES string of the molecule is CC(=O)O[C@H]1C=C[C@H](C)[C@H]1COCc1ccccc1. The van der Waals surface area contributed by atoms with Crippen molar-refractivity contribution in [3.8, 4) is 0 Å². The predicted octanol–water partition coefficient (Wildman–Crippen LogP) is 2.96. The van der Waals surface area contributed by atoms with Crippen molar-refractivity contribution < 1.29 is 14.3 Å². The topological polar surface area (TPSA) is 35.5 Å². The van der Waals surface area contributed by atoms with E-state index in [4.69, 9.17) is 9.47 Å². The summed E-state index contributed by atoms with van der Waals surface area (Å²) in [5, 5.41) is 0. The summed E-state index contributed by atoms with van der Waals surface area (Å²) in [4.78, 5) is 11.1. The van der Waals surface area contributed by atoms with Gasteiger partial charge in [-0.15, -0.1) is 0 Å². The van der Waals surface area contributed by atoms with Crippen molar-refractivity contribution in [2.24, 2.45) is 11.8 Å². The lowest BCUT2D eigenvalue weighted by Gasteiger charge is -2.22. The van der Waals surface area contributed by atoms with Crippen LogP contribution in [0.1, 0.15) is 19.4 Å². The van der Waals surface area contributed by atoms with Gasteiger partial charge in [-0.2, -0.15) is 0 Å². The zero-order chi connectivity index (χ0) is 13.7. The van der Waals surface area contributed by atoms with Gasteiger partial charge in [0.15, 0.2) is 0 Å². The molecule has 0 saturated carbocycles. The van der Waals surface area contributed by atoms with Crippen LogP contribution in [0.5, 0.6) is 0 Å². The molecule has 0 unspecified atom stereocenters. The van der Waals surface area contributed by atoms with Gasteiger partial charge in [0.2, 0.25) is 0 Å². The van der Waals surface area contributed by atoms with Gasteiger partial charge >= 0.3 is 5.97 Å². The maximum absolute atomic E-state index is 11.1. The zero-order valence-corrected chi connectivity index (χ0v) is 11.4. The molecule has 0 N–H and O–H groups in total. The average molecular weight is 260 g/mol. The first-order valence-electron chi connectivity index (χ1n) is 6.64. The third-order valence-electron chi connectivity index (χ3n) is 3.43. The molecule has 0 saturated heterocycles. The molecule has 3 atom stereocenters. The summed E-state index contributed by atoms with van der Waals surface area (Å²) in [6.07, 6.45) is 3.90. The van der Waals surface area contributed by atoms with Crippen LogP contribution < -0.4 is 0 Å². The first kappa shape index (κ1) is 13.8.